The number of pyridine rings is 1. The van der Waals surface area contributed by atoms with Gasteiger partial charge in [-0.15, -0.1) is 0 Å². The van der Waals surface area contributed by atoms with Crippen molar-refractivity contribution < 1.29 is 4.74 Å². The standard InChI is InChI=1S/C17H29N3O/c1-4-11-20-12-6-7-15(9-13-20)19-16-8-5-10-18-17(16)21-14(2)3/h5,8,10,14-15,19H,4,6-7,9,11-13H2,1-3H3. The van der Waals surface area contributed by atoms with E-state index in [-0.39, 0.29) is 6.10 Å². The number of hydrogen-bond donors (Lipinski definition) is 1. The Labute approximate surface area is 128 Å². The molecule has 4 heteroatoms. The van der Waals surface area contributed by atoms with Crippen molar-refractivity contribution in [1.82, 2.24) is 9.88 Å². The van der Waals surface area contributed by atoms with E-state index >= 15 is 0 Å². The first-order valence-corrected chi connectivity index (χ1v) is 8.29. The van der Waals surface area contributed by atoms with Crippen LogP contribution in [0.5, 0.6) is 5.88 Å². The van der Waals surface area contributed by atoms with Gasteiger partial charge in [-0.1, -0.05) is 6.92 Å². The lowest BCUT2D eigenvalue weighted by molar-refractivity contribution is 0.233. The van der Waals surface area contributed by atoms with Crippen LogP contribution in [0.1, 0.15) is 46.5 Å². The highest BCUT2D eigenvalue weighted by Crippen LogP contribution is 2.25. The Balaban J connectivity index is 1.95. The summed E-state index contributed by atoms with van der Waals surface area (Å²) in [7, 11) is 0. The maximum atomic E-state index is 5.79. The predicted molar refractivity (Wildman–Crippen MR) is 88.0 cm³/mol. The third kappa shape index (κ3) is 5.20. The summed E-state index contributed by atoms with van der Waals surface area (Å²) in [5, 5.41) is 3.64. The molecular weight excluding hydrogens is 262 g/mol. The molecule has 0 saturated carbocycles. The van der Waals surface area contributed by atoms with Crippen LogP contribution >= 0.6 is 0 Å². The van der Waals surface area contributed by atoms with Crippen LogP contribution in [-0.2, 0) is 0 Å². The molecule has 0 radical (unpaired) electrons. The highest BCUT2D eigenvalue weighted by Gasteiger charge is 2.18. The summed E-state index contributed by atoms with van der Waals surface area (Å²) in [5.41, 5.74) is 1.03. The van der Waals surface area contributed by atoms with Crippen molar-refractivity contribution in [3.8, 4) is 5.88 Å². The zero-order valence-corrected chi connectivity index (χ0v) is 13.6. The molecule has 0 spiro atoms. The van der Waals surface area contributed by atoms with Crippen LogP contribution in [0, 0.1) is 0 Å². The van der Waals surface area contributed by atoms with Gasteiger partial charge in [-0.25, -0.2) is 4.98 Å². The maximum absolute atomic E-state index is 5.79. The van der Waals surface area contributed by atoms with E-state index in [1.54, 1.807) is 6.20 Å². The summed E-state index contributed by atoms with van der Waals surface area (Å²) in [6.07, 6.45) is 6.85. The fourth-order valence-electron chi connectivity index (χ4n) is 2.88. The van der Waals surface area contributed by atoms with Gasteiger partial charge in [-0.05, 0) is 64.8 Å². The second-order valence-corrected chi connectivity index (χ2v) is 6.14. The van der Waals surface area contributed by atoms with Crippen LogP contribution in [0.2, 0.25) is 0 Å². The quantitative estimate of drug-likeness (QED) is 0.870. The van der Waals surface area contributed by atoms with Gasteiger partial charge >= 0.3 is 0 Å². The van der Waals surface area contributed by atoms with Crippen LogP contribution < -0.4 is 10.1 Å². The van der Waals surface area contributed by atoms with Gasteiger partial charge in [0, 0.05) is 18.8 Å². The number of nitrogens with one attached hydrogen (secondary N) is 1. The van der Waals surface area contributed by atoms with Gasteiger partial charge in [0.05, 0.1) is 11.8 Å². The summed E-state index contributed by atoms with van der Waals surface area (Å²) in [6, 6.07) is 4.56. The predicted octanol–water partition coefficient (Wildman–Crippen LogP) is 3.55. The summed E-state index contributed by atoms with van der Waals surface area (Å²) in [6.45, 7) is 9.97. The number of rotatable bonds is 6. The molecule has 0 aliphatic carbocycles. The molecule has 2 heterocycles. The Bertz CT molecular complexity index is 422. The van der Waals surface area contributed by atoms with Crippen molar-refractivity contribution in [3.63, 3.8) is 0 Å². The minimum atomic E-state index is 0.148. The zero-order valence-electron chi connectivity index (χ0n) is 13.6. The number of anilines is 1. The summed E-state index contributed by atoms with van der Waals surface area (Å²) < 4.78 is 5.79. The number of hydrogen-bond acceptors (Lipinski definition) is 4. The van der Waals surface area contributed by atoms with Crippen molar-refractivity contribution in [1.29, 1.82) is 0 Å². The Morgan fingerprint density at radius 1 is 1.38 bits per heavy atom. The fraction of sp³-hybridized carbons (Fsp3) is 0.706. The molecule has 118 valence electrons. The van der Waals surface area contributed by atoms with Gasteiger partial charge in [0.15, 0.2) is 0 Å². The highest BCUT2D eigenvalue weighted by molar-refractivity contribution is 5.52. The molecule has 1 fully saturated rings. The third-order valence-corrected chi connectivity index (χ3v) is 3.84. The van der Waals surface area contributed by atoms with Gasteiger partial charge in [0.1, 0.15) is 0 Å². The molecule has 0 bridgehead atoms. The SMILES string of the molecule is CCCN1CCCC(Nc2cccnc2OC(C)C)CC1. The number of likely N-dealkylation sites (tertiary alicyclic amines) is 1. The lowest BCUT2D eigenvalue weighted by atomic mass is 10.1. The molecule has 1 aromatic heterocycles. The van der Waals surface area contributed by atoms with Crippen molar-refractivity contribution in [3.05, 3.63) is 18.3 Å². The number of aromatic nitrogens is 1. The van der Waals surface area contributed by atoms with Crippen molar-refractivity contribution in [2.75, 3.05) is 25.0 Å². The zero-order chi connectivity index (χ0) is 15.1. The lowest BCUT2D eigenvalue weighted by Gasteiger charge is -2.21. The summed E-state index contributed by atoms with van der Waals surface area (Å²) in [4.78, 5) is 6.94. The lowest BCUT2D eigenvalue weighted by Crippen LogP contribution is -2.27. The molecule has 21 heavy (non-hydrogen) atoms. The molecule has 2 rings (SSSR count). The molecule has 1 aliphatic heterocycles. The second kappa shape index (κ2) is 8.23. The molecule has 1 unspecified atom stereocenters. The van der Waals surface area contributed by atoms with Gasteiger partial charge in [-0.3, -0.25) is 0 Å². The van der Waals surface area contributed by atoms with Crippen LogP contribution in [0.25, 0.3) is 0 Å². The Kier molecular flexibility index (Phi) is 6.30. The minimum Gasteiger partial charge on any atom is -0.473 e. The fourth-order valence-corrected chi connectivity index (χ4v) is 2.88. The third-order valence-electron chi connectivity index (χ3n) is 3.84. The van der Waals surface area contributed by atoms with Gasteiger partial charge in [0.2, 0.25) is 5.88 Å². The Morgan fingerprint density at radius 2 is 2.24 bits per heavy atom. The average molecular weight is 291 g/mol. The van der Waals surface area contributed by atoms with Crippen LogP contribution in [0.15, 0.2) is 18.3 Å². The number of nitrogens with zero attached hydrogens (tertiary/aromatic N) is 2. The van der Waals surface area contributed by atoms with Crippen molar-refractivity contribution >= 4 is 5.69 Å². The maximum Gasteiger partial charge on any atom is 0.237 e. The van der Waals surface area contributed by atoms with E-state index < -0.39 is 0 Å². The topological polar surface area (TPSA) is 37.4 Å². The van der Waals surface area contributed by atoms with Gasteiger partial charge < -0.3 is 15.0 Å². The second-order valence-electron chi connectivity index (χ2n) is 6.14. The Hall–Kier alpha value is -1.29. The van der Waals surface area contributed by atoms with E-state index in [0.29, 0.717) is 6.04 Å². The van der Waals surface area contributed by atoms with E-state index in [1.165, 1.54) is 45.3 Å². The molecule has 1 atom stereocenters. The van der Waals surface area contributed by atoms with Gasteiger partial charge in [0.25, 0.3) is 0 Å². The highest BCUT2D eigenvalue weighted by atomic mass is 16.5. The smallest absolute Gasteiger partial charge is 0.237 e. The Morgan fingerprint density at radius 3 is 3.00 bits per heavy atom. The van der Waals surface area contributed by atoms with Gasteiger partial charge in [-0.2, -0.15) is 0 Å². The minimum absolute atomic E-state index is 0.148. The molecule has 0 aromatic carbocycles. The first-order chi connectivity index (χ1) is 10.2. The van der Waals surface area contributed by atoms with E-state index in [1.807, 2.05) is 19.9 Å². The first-order valence-electron chi connectivity index (χ1n) is 8.29. The van der Waals surface area contributed by atoms with E-state index in [9.17, 15) is 0 Å². The van der Waals surface area contributed by atoms with Crippen LogP contribution in [0.3, 0.4) is 0 Å². The van der Waals surface area contributed by atoms with E-state index in [2.05, 4.69) is 28.2 Å². The summed E-state index contributed by atoms with van der Waals surface area (Å²) in [5.74, 6) is 0.724. The average Bonchev–Trinajstić information content (AvgIpc) is 2.67. The molecule has 1 aromatic rings. The van der Waals surface area contributed by atoms with Crippen molar-refractivity contribution in [2.45, 2.75) is 58.6 Å². The summed E-state index contributed by atoms with van der Waals surface area (Å²) >= 11 is 0. The van der Waals surface area contributed by atoms with E-state index in [4.69, 9.17) is 4.74 Å². The molecular formula is C17H29N3O. The first kappa shape index (κ1) is 16.1. The molecule has 4 nitrogen and oxygen atoms in total. The van der Waals surface area contributed by atoms with Crippen LogP contribution in [0.4, 0.5) is 5.69 Å². The molecule has 1 saturated heterocycles. The van der Waals surface area contributed by atoms with E-state index in [0.717, 1.165) is 11.6 Å². The van der Waals surface area contributed by atoms with Crippen molar-refractivity contribution in [2.24, 2.45) is 0 Å². The molecule has 1 N–H and O–H groups in total. The monoisotopic (exact) mass is 291 g/mol. The normalized spacial score (nSPS) is 20.3. The van der Waals surface area contributed by atoms with Crippen LogP contribution in [-0.4, -0.2) is 41.7 Å². The molecule has 1 aliphatic rings. The molecule has 0 amide bonds. The largest absolute Gasteiger partial charge is 0.473 e. The number of ether oxygens (including phenoxy) is 1.